The van der Waals surface area contributed by atoms with Crippen LogP contribution in [0.3, 0.4) is 0 Å². The average Bonchev–Trinajstić information content (AvgIpc) is 2.71. The van der Waals surface area contributed by atoms with Gasteiger partial charge in [-0.3, -0.25) is 9.11 Å². The Morgan fingerprint density at radius 3 is 1.85 bits per heavy atom. The smallest absolute Gasteiger partial charge is 0.339 e. The third-order valence-corrected chi connectivity index (χ3v) is 7.65. The molecule has 0 heterocycles. The zero-order chi connectivity index (χ0) is 24.2. The van der Waals surface area contributed by atoms with Crippen molar-refractivity contribution in [2.75, 3.05) is 0 Å². The van der Waals surface area contributed by atoms with Crippen LogP contribution in [-0.4, -0.2) is 39.5 Å². The molecule has 4 aromatic rings. The maximum absolute atomic E-state index is 13.0. The van der Waals surface area contributed by atoms with E-state index in [9.17, 15) is 39.5 Å². The molecular formula is C20H14O10S3. The average molecular weight is 511 g/mol. The van der Waals surface area contributed by atoms with E-state index in [1.807, 2.05) is 0 Å². The molecule has 0 radical (unpaired) electrons. The van der Waals surface area contributed by atoms with Gasteiger partial charge in [0.15, 0.2) is 5.75 Å². The fourth-order valence-corrected chi connectivity index (χ4v) is 5.28. The van der Waals surface area contributed by atoms with Crippen LogP contribution in [0.2, 0.25) is 0 Å². The third-order valence-electron chi connectivity index (χ3n) is 4.76. The summed E-state index contributed by atoms with van der Waals surface area (Å²) in [7, 11) is -13.9. The normalized spacial score (nSPS) is 12.8. The molecule has 0 saturated heterocycles. The number of hydrogen-bond donors (Lipinski definition) is 3. The summed E-state index contributed by atoms with van der Waals surface area (Å²) in [4.78, 5) is -1.66. The Morgan fingerprint density at radius 2 is 1.18 bits per heavy atom. The highest BCUT2D eigenvalue weighted by atomic mass is 32.2. The lowest BCUT2D eigenvalue weighted by atomic mass is 10.1. The van der Waals surface area contributed by atoms with Gasteiger partial charge in [-0.25, -0.2) is 0 Å². The number of phenols is 1. The van der Waals surface area contributed by atoms with Crippen molar-refractivity contribution in [2.24, 2.45) is 0 Å². The van der Waals surface area contributed by atoms with Gasteiger partial charge in [0.05, 0.1) is 9.79 Å². The van der Waals surface area contributed by atoms with Gasteiger partial charge >= 0.3 is 10.1 Å². The van der Waals surface area contributed by atoms with Crippen LogP contribution in [0.5, 0.6) is 11.5 Å². The van der Waals surface area contributed by atoms with Crippen molar-refractivity contribution in [3.63, 3.8) is 0 Å². The lowest BCUT2D eigenvalue weighted by molar-refractivity contribution is 0.470. The zero-order valence-electron chi connectivity index (χ0n) is 16.3. The minimum atomic E-state index is -4.68. The van der Waals surface area contributed by atoms with Crippen LogP contribution in [0.4, 0.5) is 0 Å². The molecule has 4 aromatic carbocycles. The van der Waals surface area contributed by atoms with Gasteiger partial charge < -0.3 is 9.29 Å². The molecule has 0 saturated carbocycles. The van der Waals surface area contributed by atoms with Crippen molar-refractivity contribution in [2.45, 2.75) is 14.7 Å². The summed E-state index contributed by atoms with van der Waals surface area (Å²) in [5.74, 6) is -0.868. The molecule has 0 spiro atoms. The van der Waals surface area contributed by atoms with Gasteiger partial charge in [-0.15, -0.1) is 0 Å². The van der Waals surface area contributed by atoms with Gasteiger partial charge in [-0.1, -0.05) is 24.3 Å². The van der Waals surface area contributed by atoms with E-state index in [0.717, 1.165) is 36.4 Å². The van der Waals surface area contributed by atoms with Crippen LogP contribution >= 0.6 is 0 Å². The Morgan fingerprint density at radius 1 is 0.606 bits per heavy atom. The number of rotatable bonds is 5. The molecule has 13 heteroatoms. The van der Waals surface area contributed by atoms with Crippen molar-refractivity contribution in [1.29, 1.82) is 0 Å². The summed E-state index contributed by atoms with van der Waals surface area (Å²) < 4.78 is 95.8. The van der Waals surface area contributed by atoms with Crippen molar-refractivity contribution < 1.29 is 43.6 Å². The lowest BCUT2D eigenvalue weighted by Crippen LogP contribution is -2.11. The van der Waals surface area contributed by atoms with E-state index in [1.54, 1.807) is 12.1 Å². The molecule has 0 aliphatic rings. The maximum atomic E-state index is 13.0. The second-order valence-electron chi connectivity index (χ2n) is 6.96. The molecule has 0 aliphatic carbocycles. The summed E-state index contributed by atoms with van der Waals surface area (Å²) >= 11 is 0. The first-order valence-corrected chi connectivity index (χ1v) is 13.2. The van der Waals surface area contributed by atoms with Crippen LogP contribution in [0.15, 0.2) is 81.4 Å². The Balaban J connectivity index is 1.87. The summed E-state index contributed by atoms with van der Waals surface area (Å²) in [6.45, 7) is 0. The second kappa shape index (κ2) is 7.67. The highest BCUT2D eigenvalue weighted by Crippen LogP contribution is 2.34. The lowest BCUT2D eigenvalue weighted by Gasteiger charge is -2.12. The summed E-state index contributed by atoms with van der Waals surface area (Å²) in [5.41, 5.74) is 0. The second-order valence-corrected chi connectivity index (χ2v) is 11.3. The summed E-state index contributed by atoms with van der Waals surface area (Å²) in [5, 5.41) is 10.7. The predicted octanol–water partition coefficient (Wildman–Crippen LogP) is 2.96. The van der Waals surface area contributed by atoms with Gasteiger partial charge in [-0.2, -0.15) is 25.3 Å². The first-order valence-electron chi connectivity index (χ1n) is 8.95. The van der Waals surface area contributed by atoms with Crippen molar-refractivity contribution in [3.05, 3.63) is 66.7 Å². The molecule has 0 atom stereocenters. The van der Waals surface area contributed by atoms with Crippen molar-refractivity contribution >= 4 is 51.9 Å². The number of benzene rings is 4. The molecule has 172 valence electrons. The van der Waals surface area contributed by atoms with Crippen LogP contribution < -0.4 is 4.18 Å². The number of fused-ring (bicyclic) bond motifs is 2. The van der Waals surface area contributed by atoms with Crippen LogP contribution in [0.1, 0.15) is 0 Å². The van der Waals surface area contributed by atoms with Gasteiger partial charge in [0, 0.05) is 22.9 Å². The zero-order valence-corrected chi connectivity index (χ0v) is 18.7. The number of aromatic hydroxyl groups is 1. The highest BCUT2D eigenvalue weighted by Gasteiger charge is 2.22. The minimum Gasteiger partial charge on any atom is -0.507 e. The van der Waals surface area contributed by atoms with Crippen LogP contribution in [0, 0.1) is 0 Å². The third kappa shape index (κ3) is 4.49. The Labute approximate surface area is 188 Å². The fraction of sp³-hybridized carbons (Fsp3) is 0. The summed E-state index contributed by atoms with van der Waals surface area (Å²) in [6.07, 6.45) is 0. The first-order chi connectivity index (χ1) is 15.3. The van der Waals surface area contributed by atoms with Gasteiger partial charge in [0.25, 0.3) is 20.2 Å². The molecule has 0 bridgehead atoms. The Hall–Kier alpha value is -3.23. The van der Waals surface area contributed by atoms with Crippen LogP contribution in [0.25, 0.3) is 21.5 Å². The van der Waals surface area contributed by atoms with E-state index < -0.39 is 50.8 Å². The maximum Gasteiger partial charge on any atom is 0.339 e. The predicted molar refractivity (Wildman–Crippen MR) is 117 cm³/mol. The van der Waals surface area contributed by atoms with Crippen LogP contribution in [-0.2, 0) is 30.4 Å². The molecule has 3 N–H and O–H groups in total. The van der Waals surface area contributed by atoms with E-state index in [1.165, 1.54) is 18.2 Å². The Kier molecular flexibility index (Phi) is 5.34. The molecular weight excluding hydrogens is 496 g/mol. The molecule has 4 rings (SSSR count). The van der Waals surface area contributed by atoms with Gasteiger partial charge in [0.1, 0.15) is 10.6 Å². The number of phenolic OH excluding ortho intramolecular Hbond substituents is 1. The van der Waals surface area contributed by atoms with E-state index >= 15 is 0 Å². The van der Waals surface area contributed by atoms with E-state index in [0.29, 0.717) is 5.39 Å². The van der Waals surface area contributed by atoms with E-state index in [-0.39, 0.29) is 21.9 Å². The molecule has 0 aliphatic heterocycles. The molecule has 0 aromatic heterocycles. The fourth-order valence-electron chi connectivity index (χ4n) is 3.24. The summed E-state index contributed by atoms with van der Waals surface area (Å²) in [6, 6.07) is 13.3. The molecule has 33 heavy (non-hydrogen) atoms. The highest BCUT2D eigenvalue weighted by molar-refractivity contribution is 7.87. The van der Waals surface area contributed by atoms with E-state index in [4.69, 9.17) is 4.18 Å². The first kappa shape index (κ1) is 22.9. The van der Waals surface area contributed by atoms with Gasteiger partial charge in [0.2, 0.25) is 0 Å². The molecule has 0 fully saturated rings. The topological polar surface area (TPSA) is 172 Å². The monoisotopic (exact) mass is 510 g/mol. The number of hydrogen-bond acceptors (Lipinski definition) is 8. The molecule has 0 amide bonds. The molecule has 10 nitrogen and oxygen atoms in total. The Bertz CT molecular complexity index is 1760. The quantitative estimate of drug-likeness (QED) is 0.268. The van der Waals surface area contributed by atoms with Crippen molar-refractivity contribution in [3.8, 4) is 11.5 Å². The van der Waals surface area contributed by atoms with Gasteiger partial charge in [-0.05, 0) is 41.1 Å². The molecule has 0 unspecified atom stereocenters. The minimum absolute atomic E-state index is 0.0242. The standard InChI is InChI=1S/C20H14O10S3/c21-19-10-15(31(22,23)24)9-13-8-14(5-6-17(13)19)33(28,29)30-20-11-16(32(25,26)27)7-12-3-1-2-4-18(12)20/h1-11,21H,(H,22,23,24)(H,25,26,27). The van der Waals surface area contributed by atoms with Crippen molar-refractivity contribution in [1.82, 2.24) is 0 Å². The van der Waals surface area contributed by atoms with E-state index in [2.05, 4.69) is 0 Å². The SMILES string of the molecule is O=S(=O)(O)c1cc(O)c2ccc(S(=O)(=O)Oc3cc(S(=O)(=O)O)cc4ccccc34)cc2c1. The largest absolute Gasteiger partial charge is 0.507 e.